The molecule has 0 bridgehead atoms. The number of rotatable bonds is 3. The minimum atomic E-state index is -5.01. The van der Waals surface area contributed by atoms with E-state index in [-0.39, 0.29) is 10.6 Å². The summed E-state index contributed by atoms with van der Waals surface area (Å²) in [6, 6.07) is 3.44. The first-order chi connectivity index (χ1) is 7.71. The van der Waals surface area contributed by atoms with E-state index in [1.54, 1.807) is 0 Å². The van der Waals surface area contributed by atoms with Gasteiger partial charge < -0.3 is 4.18 Å². The van der Waals surface area contributed by atoms with Crippen molar-refractivity contribution in [2.45, 2.75) is 12.4 Å². The molecule has 3 nitrogen and oxygen atoms in total. The van der Waals surface area contributed by atoms with E-state index < -0.39 is 28.1 Å². The molecule has 94 valence electrons. The third-order valence-electron chi connectivity index (χ3n) is 1.68. The number of hydrogen-bond acceptors (Lipinski definition) is 3. The van der Waals surface area contributed by atoms with Crippen molar-refractivity contribution in [1.82, 2.24) is 0 Å². The average molecular weight is 287 g/mol. The Morgan fingerprint density at radius 1 is 1.41 bits per heavy atom. The van der Waals surface area contributed by atoms with Gasteiger partial charge in [0, 0.05) is 5.02 Å². The van der Waals surface area contributed by atoms with Crippen LogP contribution in [0.5, 0.6) is 5.75 Å². The van der Waals surface area contributed by atoms with Crippen LogP contribution in [0.4, 0.5) is 13.2 Å². The van der Waals surface area contributed by atoms with Crippen LogP contribution < -0.4 is 4.18 Å². The maximum atomic E-state index is 12.0. The fraction of sp³-hybridized carbons (Fsp3) is 0.222. The van der Waals surface area contributed by atoms with Crippen molar-refractivity contribution < 1.29 is 26.4 Å². The van der Waals surface area contributed by atoms with Crippen LogP contribution in [0.1, 0.15) is 17.3 Å². The van der Waals surface area contributed by atoms with Gasteiger partial charge in [-0.1, -0.05) is 11.6 Å². The van der Waals surface area contributed by atoms with Crippen molar-refractivity contribution in [1.29, 1.82) is 0 Å². The molecule has 0 aliphatic rings. The van der Waals surface area contributed by atoms with E-state index in [4.69, 9.17) is 11.6 Å². The normalized spacial score (nSPS) is 13.2. The Balaban J connectivity index is 3.07. The van der Waals surface area contributed by atoms with Gasteiger partial charge in [-0.15, -0.1) is 0 Å². The van der Waals surface area contributed by atoms with Crippen LogP contribution in [0.25, 0.3) is 0 Å². The predicted octanol–water partition coefficient (Wildman–Crippen LogP) is 3.10. The molecule has 1 aromatic rings. The van der Waals surface area contributed by atoms with Gasteiger partial charge >= 0.3 is 16.6 Å². The molecular weight excluding hydrogens is 281 g/mol. The molecule has 0 radical (unpaired) electrons. The van der Waals surface area contributed by atoms with Gasteiger partial charge in [-0.25, -0.2) is 4.21 Å². The number of Topliss-reactive ketones (excluding diaryl/α,β-unsaturated/α-hetero) is 1. The molecule has 0 heterocycles. The maximum Gasteiger partial charge on any atom is 0.508 e. The highest BCUT2D eigenvalue weighted by atomic mass is 35.5. The van der Waals surface area contributed by atoms with E-state index in [1.165, 1.54) is 6.07 Å². The van der Waals surface area contributed by atoms with Gasteiger partial charge in [0.1, 0.15) is 0 Å². The Morgan fingerprint density at radius 3 is 2.47 bits per heavy atom. The van der Waals surface area contributed by atoms with Gasteiger partial charge in [0.2, 0.25) is 0 Å². The van der Waals surface area contributed by atoms with Gasteiger partial charge in [-0.05, 0) is 25.1 Å². The highest BCUT2D eigenvalue weighted by Gasteiger charge is 2.40. The first-order valence-electron chi connectivity index (χ1n) is 4.19. The lowest BCUT2D eigenvalue weighted by Crippen LogP contribution is -2.21. The number of carbonyl (C=O) groups excluding carboxylic acids is 1. The number of alkyl halides is 3. The lowest BCUT2D eigenvalue weighted by Gasteiger charge is -2.10. The van der Waals surface area contributed by atoms with Gasteiger partial charge in [-0.3, -0.25) is 4.79 Å². The largest absolute Gasteiger partial charge is 0.508 e. The smallest absolute Gasteiger partial charge is 0.393 e. The Labute approximate surface area is 102 Å². The number of hydrogen-bond donors (Lipinski definition) is 0. The molecule has 0 amide bonds. The van der Waals surface area contributed by atoms with E-state index in [2.05, 4.69) is 4.18 Å². The van der Waals surface area contributed by atoms with Crippen molar-refractivity contribution in [3.05, 3.63) is 28.8 Å². The summed E-state index contributed by atoms with van der Waals surface area (Å²) < 4.78 is 50.9. The molecule has 0 aliphatic carbocycles. The zero-order chi connectivity index (χ0) is 13.2. The number of benzene rings is 1. The van der Waals surface area contributed by atoms with Crippen molar-refractivity contribution in [3.8, 4) is 5.75 Å². The molecule has 0 fully saturated rings. The monoisotopic (exact) mass is 286 g/mol. The van der Waals surface area contributed by atoms with E-state index in [9.17, 15) is 22.2 Å². The highest BCUT2D eigenvalue weighted by Crippen LogP contribution is 2.28. The Hall–Kier alpha value is -1.08. The standard InChI is InChI=1S/C9H6ClF3O3S/c1-5(14)7-4-6(10)2-3-8(7)16-17(15)9(11,12)13/h2-4H,1H3. The summed E-state index contributed by atoms with van der Waals surface area (Å²) in [6.07, 6.45) is 0. The molecule has 0 saturated heterocycles. The van der Waals surface area contributed by atoms with Gasteiger partial charge in [-0.2, -0.15) is 13.2 Å². The van der Waals surface area contributed by atoms with Crippen molar-refractivity contribution >= 4 is 28.5 Å². The van der Waals surface area contributed by atoms with Gasteiger partial charge in [0.25, 0.3) is 0 Å². The molecule has 1 rings (SSSR count). The molecular formula is C9H6ClF3O3S. The molecule has 8 heteroatoms. The van der Waals surface area contributed by atoms with Crippen LogP contribution in [0.2, 0.25) is 5.02 Å². The second kappa shape index (κ2) is 5.05. The predicted molar refractivity (Wildman–Crippen MR) is 56.3 cm³/mol. The average Bonchev–Trinajstić information content (AvgIpc) is 2.18. The first-order valence-corrected chi connectivity index (χ1v) is 5.64. The van der Waals surface area contributed by atoms with Crippen LogP contribution in [0.15, 0.2) is 18.2 Å². The van der Waals surface area contributed by atoms with Crippen molar-refractivity contribution in [2.24, 2.45) is 0 Å². The first kappa shape index (κ1) is 14.0. The molecule has 0 aliphatic heterocycles. The minimum Gasteiger partial charge on any atom is -0.393 e. The van der Waals surface area contributed by atoms with Gasteiger partial charge in [0.15, 0.2) is 11.5 Å². The van der Waals surface area contributed by atoms with E-state index in [0.717, 1.165) is 19.1 Å². The SMILES string of the molecule is CC(=O)c1cc(Cl)ccc1OS(=O)C(F)(F)F. The quantitative estimate of drug-likeness (QED) is 0.802. The zero-order valence-corrected chi connectivity index (χ0v) is 9.95. The highest BCUT2D eigenvalue weighted by molar-refractivity contribution is 7.81. The molecule has 0 aromatic heterocycles. The maximum absolute atomic E-state index is 12.0. The summed E-state index contributed by atoms with van der Waals surface area (Å²) in [5.74, 6) is -0.959. The Kier molecular flexibility index (Phi) is 4.16. The molecule has 17 heavy (non-hydrogen) atoms. The van der Waals surface area contributed by atoms with Crippen LogP contribution >= 0.6 is 11.6 Å². The lowest BCUT2D eigenvalue weighted by atomic mass is 10.1. The van der Waals surface area contributed by atoms with Crippen LogP contribution in [0.3, 0.4) is 0 Å². The zero-order valence-electron chi connectivity index (χ0n) is 8.38. The summed E-state index contributed by atoms with van der Waals surface area (Å²) in [5, 5.41) is 0.167. The summed E-state index contributed by atoms with van der Waals surface area (Å²) in [4.78, 5) is 11.1. The molecule has 0 N–H and O–H groups in total. The summed E-state index contributed by atoms with van der Waals surface area (Å²) >= 11 is 2.06. The van der Waals surface area contributed by atoms with E-state index >= 15 is 0 Å². The second-order valence-corrected chi connectivity index (χ2v) is 4.50. The van der Waals surface area contributed by atoms with Crippen LogP contribution in [-0.2, 0) is 11.1 Å². The fourth-order valence-electron chi connectivity index (χ4n) is 0.979. The molecule has 1 unspecified atom stereocenters. The molecule has 1 atom stereocenters. The third kappa shape index (κ3) is 3.71. The van der Waals surface area contributed by atoms with Gasteiger partial charge in [0.05, 0.1) is 5.56 Å². The van der Waals surface area contributed by atoms with Crippen LogP contribution in [-0.4, -0.2) is 15.5 Å². The second-order valence-electron chi connectivity index (χ2n) is 2.96. The molecule has 0 saturated carbocycles. The topological polar surface area (TPSA) is 43.4 Å². The van der Waals surface area contributed by atoms with Crippen LogP contribution in [0, 0.1) is 0 Å². The Morgan fingerprint density at radius 2 is 2.00 bits per heavy atom. The fourth-order valence-corrected chi connectivity index (χ4v) is 1.55. The van der Waals surface area contributed by atoms with Crippen molar-refractivity contribution in [3.63, 3.8) is 0 Å². The number of halogens is 4. The Bertz CT molecular complexity index is 473. The minimum absolute atomic E-state index is 0.157. The van der Waals surface area contributed by atoms with Crippen molar-refractivity contribution in [2.75, 3.05) is 0 Å². The number of ketones is 1. The summed E-state index contributed by atoms with van der Waals surface area (Å²) in [7, 11) is 0. The summed E-state index contributed by atoms with van der Waals surface area (Å²) in [5.41, 5.74) is -5.16. The third-order valence-corrected chi connectivity index (χ3v) is 2.62. The van der Waals surface area contributed by atoms with E-state index in [0.29, 0.717) is 0 Å². The molecule has 1 aromatic carbocycles. The lowest BCUT2D eigenvalue weighted by molar-refractivity contribution is -0.0437. The number of carbonyl (C=O) groups is 1. The van der Waals surface area contributed by atoms with E-state index in [1.807, 2.05) is 0 Å². The molecule has 0 spiro atoms. The summed E-state index contributed by atoms with van der Waals surface area (Å²) in [6.45, 7) is 1.13.